The van der Waals surface area contributed by atoms with Gasteiger partial charge in [-0.1, -0.05) is 13.8 Å². The highest BCUT2D eigenvalue weighted by Gasteiger charge is 2.28. The molecule has 1 aromatic rings. The van der Waals surface area contributed by atoms with Crippen molar-refractivity contribution in [1.82, 2.24) is 10.2 Å². The molecular formula is C14H22N2O2. The molecule has 2 heterocycles. The molecular weight excluding hydrogens is 228 g/mol. The molecule has 0 radical (unpaired) electrons. The van der Waals surface area contributed by atoms with Crippen LogP contribution in [0.4, 0.5) is 4.79 Å². The van der Waals surface area contributed by atoms with Crippen LogP contribution in [0.1, 0.15) is 38.4 Å². The number of hydrogen-bond donors (Lipinski definition) is 1. The van der Waals surface area contributed by atoms with Crippen LogP contribution in [0, 0.1) is 5.92 Å². The maximum Gasteiger partial charge on any atom is 0.317 e. The van der Waals surface area contributed by atoms with Crippen LogP contribution in [0.2, 0.25) is 0 Å². The summed E-state index contributed by atoms with van der Waals surface area (Å²) in [6.45, 7) is 6.67. The standard InChI is InChI=1S/C14H22N2O2/c1-11(2)5-7-15-14(17)16-8-6-12(10-16)13-4-3-9-18-13/h3-4,9,11-12H,5-8,10H2,1-2H3,(H,15,17). The van der Waals surface area contributed by atoms with Crippen LogP contribution in [0.15, 0.2) is 22.8 Å². The Bertz CT molecular complexity index is 373. The minimum absolute atomic E-state index is 0.0599. The smallest absolute Gasteiger partial charge is 0.317 e. The van der Waals surface area contributed by atoms with Gasteiger partial charge in [0.2, 0.25) is 0 Å². The molecule has 1 aliphatic rings. The number of likely N-dealkylation sites (tertiary alicyclic amines) is 1. The molecule has 1 N–H and O–H groups in total. The Labute approximate surface area is 108 Å². The number of urea groups is 1. The van der Waals surface area contributed by atoms with Gasteiger partial charge < -0.3 is 14.6 Å². The highest BCUT2D eigenvalue weighted by molar-refractivity contribution is 5.74. The lowest BCUT2D eigenvalue weighted by atomic mass is 10.1. The first-order chi connectivity index (χ1) is 8.66. The Hall–Kier alpha value is -1.45. The summed E-state index contributed by atoms with van der Waals surface area (Å²) < 4.78 is 5.40. The molecule has 18 heavy (non-hydrogen) atoms. The number of rotatable bonds is 4. The molecule has 1 aliphatic heterocycles. The zero-order valence-corrected chi connectivity index (χ0v) is 11.2. The summed E-state index contributed by atoms with van der Waals surface area (Å²) in [5.74, 6) is 1.98. The number of nitrogens with zero attached hydrogens (tertiary/aromatic N) is 1. The SMILES string of the molecule is CC(C)CCNC(=O)N1CCC(c2ccco2)C1. The largest absolute Gasteiger partial charge is 0.469 e. The molecule has 1 aromatic heterocycles. The zero-order chi connectivity index (χ0) is 13.0. The van der Waals surface area contributed by atoms with Gasteiger partial charge in [-0.25, -0.2) is 4.79 Å². The number of amides is 2. The van der Waals surface area contributed by atoms with Crippen LogP contribution in [0.3, 0.4) is 0 Å². The van der Waals surface area contributed by atoms with Crippen molar-refractivity contribution in [3.63, 3.8) is 0 Å². The fraction of sp³-hybridized carbons (Fsp3) is 0.643. The van der Waals surface area contributed by atoms with Crippen molar-refractivity contribution in [2.24, 2.45) is 5.92 Å². The topological polar surface area (TPSA) is 45.5 Å². The molecule has 0 saturated carbocycles. The molecule has 0 bridgehead atoms. The molecule has 100 valence electrons. The Balaban J connectivity index is 1.76. The first-order valence-corrected chi connectivity index (χ1v) is 6.73. The molecule has 1 saturated heterocycles. The quantitative estimate of drug-likeness (QED) is 0.893. The molecule has 1 fully saturated rings. The number of carbonyl (C=O) groups is 1. The minimum Gasteiger partial charge on any atom is -0.469 e. The molecule has 0 spiro atoms. The summed E-state index contributed by atoms with van der Waals surface area (Å²) in [4.78, 5) is 13.8. The second kappa shape index (κ2) is 5.94. The van der Waals surface area contributed by atoms with E-state index in [1.165, 1.54) is 0 Å². The van der Waals surface area contributed by atoms with Crippen LogP contribution >= 0.6 is 0 Å². The van der Waals surface area contributed by atoms with Crippen molar-refractivity contribution in [2.75, 3.05) is 19.6 Å². The third-order valence-electron chi connectivity index (χ3n) is 3.42. The summed E-state index contributed by atoms with van der Waals surface area (Å²) in [6.07, 6.45) is 3.72. The summed E-state index contributed by atoms with van der Waals surface area (Å²) in [7, 11) is 0. The highest BCUT2D eigenvalue weighted by Crippen LogP contribution is 2.27. The van der Waals surface area contributed by atoms with E-state index in [9.17, 15) is 4.79 Å². The fourth-order valence-electron chi connectivity index (χ4n) is 2.28. The van der Waals surface area contributed by atoms with Crippen molar-refractivity contribution in [1.29, 1.82) is 0 Å². The van der Waals surface area contributed by atoms with Crippen molar-refractivity contribution in [3.05, 3.63) is 24.2 Å². The van der Waals surface area contributed by atoms with Crippen molar-refractivity contribution in [2.45, 2.75) is 32.6 Å². The predicted molar refractivity (Wildman–Crippen MR) is 70.5 cm³/mol. The third-order valence-corrected chi connectivity index (χ3v) is 3.42. The van der Waals surface area contributed by atoms with Gasteiger partial charge in [-0.3, -0.25) is 0 Å². The Morgan fingerprint density at radius 1 is 1.61 bits per heavy atom. The lowest BCUT2D eigenvalue weighted by Gasteiger charge is -2.17. The summed E-state index contributed by atoms with van der Waals surface area (Å²) in [5, 5.41) is 2.98. The molecule has 4 heteroatoms. The van der Waals surface area contributed by atoms with Gasteiger partial charge in [-0.15, -0.1) is 0 Å². The average molecular weight is 250 g/mol. The van der Waals surface area contributed by atoms with Gasteiger partial charge in [0.05, 0.1) is 6.26 Å². The van der Waals surface area contributed by atoms with Gasteiger partial charge >= 0.3 is 6.03 Å². The zero-order valence-electron chi connectivity index (χ0n) is 11.2. The van der Waals surface area contributed by atoms with E-state index in [1.54, 1.807) is 6.26 Å². The van der Waals surface area contributed by atoms with E-state index >= 15 is 0 Å². The molecule has 1 unspecified atom stereocenters. The van der Waals surface area contributed by atoms with Gasteiger partial charge in [0, 0.05) is 25.6 Å². The molecule has 1 atom stereocenters. The number of hydrogen-bond acceptors (Lipinski definition) is 2. The molecule has 4 nitrogen and oxygen atoms in total. The second-order valence-corrected chi connectivity index (χ2v) is 5.36. The summed E-state index contributed by atoms with van der Waals surface area (Å²) in [6, 6.07) is 3.95. The van der Waals surface area contributed by atoms with E-state index in [-0.39, 0.29) is 6.03 Å². The summed E-state index contributed by atoms with van der Waals surface area (Å²) >= 11 is 0. The van der Waals surface area contributed by atoms with E-state index in [4.69, 9.17) is 4.42 Å². The lowest BCUT2D eigenvalue weighted by Crippen LogP contribution is -2.39. The molecule has 2 amide bonds. The first-order valence-electron chi connectivity index (χ1n) is 6.73. The van der Waals surface area contributed by atoms with Crippen LogP contribution in [-0.2, 0) is 0 Å². The normalized spacial score (nSPS) is 19.5. The van der Waals surface area contributed by atoms with Crippen molar-refractivity contribution < 1.29 is 9.21 Å². The Morgan fingerprint density at radius 2 is 2.44 bits per heavy atom. The van der Waals surface area contributed by atoms with E-state index < -0.39 is 0 Å². The molecule has 0 aromatic carbocycles. The van der Waals surface area contributed by atoms with Gasteiger partial charge in [0.25, 0.3) is 0 Å². The average Bonchev–Trinajstić information content (AvgIpc) is 2.99. The van der Waals surface area contributed by atoms with Crippen molar-refractivity contribution >= 4 is 6.03 Å². The van der Waals surface area contributed by atoms with Gasteiger partial charge in [-0.2, -0.15) is 0 Å². The van der Waals surface area contributed by atoms with Crippen LogP contribution in [0.5, 0.6) is 0 Å². The van der Waals surface area contributed by atoms with Crippen LogP contribution in [-0.4, -0.2) is 30.6 Å². The highest BCUT2D eigenvalue weighted by atomic mass is 16.3. The number of furan rings is 1. The predicted octanol–water partition coefficient (Wildman–Crippen LogP) is 2.82. The first kappa shape index (κ1) is 13.0. The molecule has 2 rings (SSSR count). The number of nitrogens with one attached hydrogen (secondary N) is 1. The third kappa shape index (κ3) is 3.28. The monoisotopic (exact) mass is 250 g/mol. The summed E-state index contributed by atoms with van der Waals surface area (Å²) in [5.41, 5.74) is 0. The Morgan fingerprint density at radius 3 is 3.11 bits per heavy atom. The lowest BCUT2D eigenvalue weighted by molar-refractivity contribution is 0.207. The van der Waals surface area contributed by atoms with Crippen molar-refractivity contribution in [3.8, 4) is 0 Å². The van der Waals surface area contributed by atoms with Crippen LogP contribution in [0.25, 0.3) is 0 Å². The van der Waals surface area contributed by atoms with E-state index in [0.29, 0.717) is 11.8 Å². The Kier molecular flexibility index (Phi) is 4.28. The fourth-order valence-corrected chi connectivity index (χ4v) is 2.28. The van der Waals surface area contributed by atoms with E-state index in [2.05, 4.69) is 19.2 Å². The van der Waals surface area contributed by atoms with E-state index in [0.717, 1.165) is 38.2 Å². The maximum absolute atomic E-state index is 11.9. The minimum atomic E-state index is 0.0599. The maximum atomic E-state index is 11.9. The van der Waals surface area contributed by atoms with Gasteiger partial charge in [0.15, 0.2) is 0 Å². The van der Waals surface area contributed by atoms with Gasteiger partial charge in [-0.05, 0) is 30.9 Å². The van der Waals surface area contributed by atoms with Gasteiger partial charge in [0.1, 0.15) is 5.76 Å². The number of carbonyl (C=O) groups excluding carboxylic acids is 1. The molecule has 0 aliphatic carbocycles. The van der Waals surface area contributed by atoms with Crippen LogP contribution < -0.4 is 5.32 Å². The second-order valence-electron chi connectivity index (χ2n) is 5.36. The van der Waals surface area contributed by atoms with E-state index in [1.807, 2.05) is 17.0 Å².